The van der Waals surface area contributed by atoms with Gasteiger partial charge >= 0.3 is 0 Å². The van der Waals surface area contributed by atoms with E-state index in [-0.39, 0.29) is 16.7 Å². The molecule has 4 aromatic carbocycles. The summed E-state index contributed by atoms with van der Waals surface area (Å²) in [5.41, 5.74) is 6.98. The maximum atomic E-state index is 11.2. The lowest BCUT2D eigenvalue weighted by molar-refractivity contribution is -0.384. The predicted octanol–water partition coefficient (Wildman–Crippen LogP) is 7.47. The molecule has 2 atom stereocenters. The third-order valence-corrected chi connectivity index (χ3v) is 6.10. The van der Waals surface area contributed by atoms with Gasteiger partial charge in [-0.3, -0.25) is 10.1 Å². The molecular weight excluding hydrogens is 422 g/mol. The van der Waals surface area contributed by atoms with Crippen molar-refractivity contribution in [1.29, 1.82) is 0 Å². The third-order valence-electron chi connectivity index (χ3n) is 6.10. The van der Waals surface area contributed by atoms with Crippen LogP contribution in [0.5, 0.6) is 0 Å². The number of non-ortho nitro benzene ring substituents is 1. The molecule has 34 heavy (non-hydrogen) atoms. The SMILES string of the molecule is C=C1C(=C(c2ccccc2)c2ccccc2)C(c2ccc([N+](=O)[O-])cc2)OC1c1ccccc1. The maximum absolute atomic E-state index is 11.2. The summed E-state index contributed by atoms with van der Waals surface area (Å²) in [6.07, 6.45) is -0.743. The predicted molar refractivity (Wildman–Crippen MR) is 134 cm³/mol. The van der Waals surface area contributed by atoms with E-state index in [0.29, 0.717) is 0 Å². The minimum atomic E-state index is -0.422. The summed E-state index contributed by atoms with van der Waals surface area (Å²) in [5.74, 6) is 0. The van der Waals surface area contributed by atoms with Gasteiger partial charge in [0.2, 0.25) is 0 Å². The molecule has 4 nitrogen and oxygen atoms in total. The highest BCUT2D eigenvalue weighted by Crippen LogP contribution is 2.51. The molecule has 1 heterocycles. The zero-order valence-corrected chi connectivity index (χ0v) is 18.5. The van der Waals surface area contributed by atoms with Crippen LogP contribution in [0.4, 0.5) is 5.69 Å². The minimum absolute atomic E-state index is 0.0528. The summed E-state index contributed by atoms with van der Waals surface area (Å²) >= 11 is 0. The van der Waals surface area contributed by atoms with Crippen LogP contribution in [0.25, 0.3) is 5.57 Å². The van der Waals surface area contributed by atoms with Crippen molar-refractivity contribution in [2.24, 2.45) is 0 Å². The average Bonchev–Trinajstić information content (AvgIpc) is 3.23. The highest BCUT2D eigenvalue weighted by molar-refractivity contribution is 5.86. The number of nitro benzene ring substituents is 1. The molecule has 0 spiro atoms. The zero-order chi connectivity index (χ0) is 23.5. The number of rotatable bonds is 5. The van der Waals surface area contributed by atoms with Gasteiger partial charge in [0.15, 0.2) is 0 Å². The fourth-order valence-electron chi connectivity index (χ4n) is 4.50. The average molecular weight is 446 g/mol. The van der Waals surface area contributed by atoms with Gasteiger partial charge < -0.3 is 4.74 Å². The normalized spacial score (nSPS) is 17.5. The van der Waals surface area contributed by atoms with Crippen LogP contribution in [0.15, 0.2) is 133 Å². The van der Waals surface area contributed by atoms with Gasteiger partial charge in [0, 0.05) is 12.1 Å². The molecule has 1 fully saturated rings. The summed E-state index contributed by atoms with van der Waals surface area (Å²) in [6.45, 7) is 4.50. The van der Waals surface area contributed by atoms with Gasteiger partial charge in [-0.1, -0.05) is 97.6 Å². The Morgan fingerprint density at radius 3 is 1.65 bits per heavy atom. The van der Waals surface area contributed by atoms with Crippen molar-refractivity contribution in [2.75, 3.05) is 0 Å². The summed E-state index contributed by atoms with van der Waals surface area (Å²) in [6, 6.07) is 37.1. The molecule has 1 saturated heterocycles. The van der Waals surface area contributed by atoms with Crippen molar-refractivity contribution in [1.82, 2.24) is 0 Å². The van der Waals surface area contributed by atoms with E-state index >= 15 is 0 Å². The molecule has 0 bridgehead atoms. The maximum Gasteiger partial charge on any atom is 0.269 e. The second-order valence-corrected chi connectivity index (χ2v) is 8.20. The van der Waals surface area contributed by atoms with Crippen molar-refractivity contribution >= 4 is 11.3 Å². The molecular formula is C30H23NO3. The quantitative estimate of drug-likeness (QED) is 0.237. The minimum Gasteiger partial charge on any atom is -0.356 e. The van der Waals surface area contributed by atoms with E-state index in [1.54, 1.807) is 12.1 Å². The molecule has 0 N–H and O–H groups in total. The molecule has 4 aromatic rings. The van der Waals surface area contributed by atoms with Crippen molar-refractivity contribution < 1.29 is 9.66 Å². The van der Waals surface area contributed by atoms with E-state index in [9.17, 15) is 10.1 Å². The van der Waals surface area contributed by atoms with E-state index < -0.39 is 6.10 Å². The van der Waals surface area contributed by atoms with Crippen molar-refractivity contribution in [3.8, 4) is 0 Å². The van der Waals surface area contributed by atoms with Gasteiger partial charge in [-0.2, -0.15) is 0 Å². The van der Waals surface area contributed by atoms with Crippen LogP contribution in [-0.2, 0) is 4.74 Å². The Balaban J connectivity index is 1.74. The molecule has 0 aliphatic carbocycles. The topological polar surface area (TPSA) is 52.4 Å². The summed E-state index contributed by atoms with van der Waals surface area (Å²) in [4.78, 5) is 10.8. The highest BCUT2D eigenvalue weighted by atomic mass is 16.6. The second-order valence-electron chi connectivity index (χ2n) is 8.20. The lowest BCUT2D eigenvalue weighted by Gasteiger charge is -2.18. The first-order valence-corrected chi connectivity index (χ1v) is 11.1. The number of hydrogen-bond donors (Lipinski definition) is 0. The van der Waals surface area contributed by atoms with Crippen LogP contribution in [0.3, 0.4) is 0 Å². The van der Waals surface area contributed by atoms with Crippen molar-refractivity contribution in [2.45, 2.75) is 12.2 Å². The first kappa shape index (κ1) is 21.6. The standard InChI is InChI=1S/C30H23NO3/c1-21-27(28(22-11-5-2-6-12-22)23-13-7-3-8-14-23)30(25-17-19-26(20-18-25)31(32)33)34-29(21)24-15-9-4-10-16-24/h2-20,29-30H,1H2. The van der Waals surface area contributed by atoms with E-state index in [1.807, 2.05) is 66.7 Å². The molecule has 1 aliphatic rings. The lowest BCUT2D eigenvalue weighted by Crippen LogP contribution is -2.03. The van der Waals surface area contributed by atoms with Crippen LogP contribution >= 0.6 is 0 Å². The largest absolute Gasteiger partial charge is 0.356 e. The van der Waals surface area contributed by atoms with Crippen LogP contribution in [0, 0.1) is 10.1 Å². The molecule has 1 aliphatic heterocycles. The molecule has 0 saturated carbocycles. The Morgan fingerprint density at radius 1 is 0.676 bits per heavy atom. The molecule has 0 aromatic heterocycles. The van der Waals surface area contributed by atoms with Gasteiger partial charge in [-0.15, -0.1) is 0 Å². The van der Waals surface area contributed by atoms with E-state index in [2.05, 4.69) is 30.8 Å². The van der Waals surface area contributed by atoms with E-state index in [4.69, 9.17) is 4.74 Å². The molecule has 166 valence electrons. The zero-order valence-electron chi connectivity index (χ0n) is 18.5. The summed E-state index contributed by atoms with van der Waals surface area (Å²) < 4.78 is 6.66. The van der Waals surface area contributed by atoms with Crippen LogP contribution in [-0.4, -0.2) is 4.92 Å². The first-order chi connectivity index (χ1) is 16.6. The Labute approximate surface area is 198 Å². The molecule has 2 unspecified atom stereocenters. The molecule has 0 amide bonds. The second kappa shape index (κ2) is 9.30. The van der Waals surface area contributed by atoms with Gasteiger partial charge in [0.05, 0.1) is 4.92 Å². The van der Waals surface area contributed by atoms with Crippen LogP contribution in [0.1, 0.15) is 34.5 Å². The fraction of sp³-hybridized carbons (Fsp3) is 0.0667. The summed E-state index contributed by atoms with van der Waals surface area (Å²) in [5, 5.41) is 11.2. The van der Waals surface area contributed by atoms with Gasteiger partial charge in [0.1, 0.15) is 12.2 Å². The number of benzene rings is 4. The van der Waals surface area contributed by atoms with Gasteiger partial charge in [0.25, 0.3) is 5.69 Å². The van der Waals surface area contributed by atoms with Crippen LogP contribution in [0.2, 0.25) is 0 Å². The number of nitro groups is 1. The third kappa shape index (κ3) is 4.07. The number of ether oxygens (including phenoxy) is 1. The first-order valence-electron chi connectivity index (χ1n) is 11.1. The Bertz CT molecular complexity index is 1300. The highest BCUT2D eigenvalue weighted by Gasteiger charge is 2.38. The molecule has 0 radical (unpaired) electrons. The van der Waals surface area contributed by atoms with Gasteiger partial charge in [-0.25, -0.2) is 0 Å². The van der Waals surface area contributed by atoms with Crippen molar-refractivity contribution in [3.05, 3.63) is 165 Å². The smallest absolute Gasteiger partial charge is 0.269 e. The molecule has 4 heteroatoms. The van der Waals surface area contributed by atoms with Crippen molar-refractivity contribution in [3.63, 3.8) is 0 Å². The Hall–Kier alpha value is -4.28. The summed E-state index contributed by atoms with van der Waals surface area (Å²) in [7, 11) is 0. The van der Waals surface area contributed by atoms with E-state index in [0.717, 1.165) is 39.0 Å². The lowest BCUT2D eigenvalue weighted by atomic mass is 9.84. The number of nitrogens with zero attached hydrogens (tertiary/aromatic N) is 1. The van der Waals surface area contributed by atoms with Gasteiger partial charge in [-0.05, 0) is 51.1 Å². The molecule has 5 rings (SSSR count). The Kier molecular flexibility index (Phi) is 5.90. The fourth-order valence-corrected chi connectivity index (χ4v) is 4.50. The Morgan fingerprint density at radius 2 is 1.15 bits per heavy atom. The van der Waals surface area contributed by atoms with E-state index in [1.165, 1.54) is 12.1 Å². The number of hydrogen-bond acceptors (Lipinski definition) is 3. The monoisotopic (exact) mass is 445 g/mol. The van der Waals surface area contributed by atoms with Crippen LogP contribution < -0.4 is 0 Å².